The number of nitrogens with one attached hydrogen (secondary N) is 1. The first-order valence-corrected chi connectivity index (χ1v) is 8.81. The Balaban J connectivity index is 1.53. The number of hydrogen-bond acceptors (Lipinski definition) is 5. The van der Waals surface area contributed by atoms with Crippen molar-refractivity contribution in [1.29, 1.82) is 0 Å². The second-order valence-electron chi connectivity index (χ2n) is 6.73. The number of aromatic amines is 1. The van der Waals surface area contributed by atoms with Crippen LogP contribution in [-0.2, 0) is 0 Å². The van der Waals surface area contributed by atoms with Crippen LogP contribution in [0.15, 0.2) is 42.5 Å². The first-order valence-electron chi connectivity index (χ1n) is 8.81. The van der Waals surface area contributed by atoms with E-state index >= 15 is 0 Å². The van der Waals surface area contributed by atoms with Crippen molar-refractivity contribution in [3.05, 3.63) is 64.0 Å². The Morgan fingerprint density at radius 1 is 1.22 bits per heavy atom. The standard InChI is InChI=1S/C19H19N5O3/c20-18(25)13-5-6-16(17(11-13)24(26)27)23-9-7-12(8-10-23)19-21-14-3-1-2-4-15(14)22-19/h1-6,11-12H,7-10H2,(H2,20,25)(H,21,22). The van der Waals surface area contributed by atoms with Gasteiger partial charge >= 0.3 is 0 Å². The molecule has 0 spiro atoms. The fraction of sp³-hybridized carbons (Fsp3) is 0.263. The van der Waals surface area contributed by atoms with Crippen LogP contribution in [0.4, 0.5) is 11.4 Å². The summed E-state index contributed by atoms with van der Waals surface area (Å²) in [5.74, 6) is 0.584. The molecule has 1 saturated heterocycles. The first kappa shape index (κ1) is 17.0. The highest BCUT2D eigenvalue weighted by molar-refractivity contribution is 5.94. The van der Waals surface area contributed by atoms with E-state index in [4.69, 9.17) is 5.73 Å². The molecule has 0 bridgehead atoms. The number of hydrogen-bond donors (Lipinski definition) is 2. The minimum absolute atomic E-state index is 0.0894. The molecule has 1 aliphatic rings. The van der Waals surface area contributed by atoms with Crippen molar-refractivity contribution in [1.82, 2.24) is 9.97 Å². The molecule has 2 aromatic carbocycles. The fourth-order valence-corrected chi connectivity index (χ4v) is 3.65. The molecule has 0 unspecified atom stereocenters. The lowest BCUT2D eigenvalue weighted by Crippen LogP contribution is -2.33. The number of nitrogens with two attached hydrogens (primary N) is 1. The van der Waals surface area contributed by atoms with Gasteiger partial charge < -0.3 is 15.6 Å². The number of benzene rings is 2. The zero-order valence-electron chi connectivity index (χ0n) is 14.6. The second kappa shape index (κ2) is 6.71. The fourth-order valence-electron chi connectivity index (χ4n) is 3.65. The van der Waals surface area contributed by atoms with E-state index < -0.39 is 10.8 Å². The predicted molar refractivity (Wildman–Crippen MR) is 102 cm³/mol. The molecular formula is C19H19N5O3. The lowest BCUT2D eigenvalue weighted by Gasteiger charge is -2.32. The number of fused-ring (bicyclic) bond motifs is 1. The third-order valence-electron chi connectivity index (χ3n) is 5.09. The summed E-state index contributed by atoms with van der Waals surface area (Å²) >= 11 is 0. The first-order chi connectivity index (χ1) is 13.0. The number of nitrogens with zero attached hydrogens (tertiary/aromatic N) is 3. The van der Waals surface area contributed by atoms with Crippen molar-refractivity contribution >= 4 is 28.3 Å². The van der Waals surface area contributed by atoms with Crippen LogP contribution in [0, 0.1) is 10.1 Å². The Kier molecular flexibility index (Phi) is 4.23. The molecule has 1 aromatic heterocycles. The van der Waals surface area contributed by atoms with Crippen LogP contribution in [-0.4, -0.2) is 33.9 Å². The number of anilines is 1. The van der Waals surface area contributed by atoms with Crippen molar-refractivity contribution in [3.63, 3.8) is 0 Å². The molecule has 27 heavy (non-hydrogen) atoms. The molecule has 0 saturated carbocycles. The minimum Gasteiger partial charge on any atom is -0.366 e. The van der Waals surface area contributed by atoms with Crippen LogP contribution in [0.1, 0.15) is 34.9 Å². The zero-order chi connectivity index (χ0) is 19.0. The van der Waals surface area contributed by atoms with E-state index in [0.717, 1.165) is 29.7 Å². The number of rotatable bonds is 4. The maximum absolute atomic E-state index is 11.4. The molecule has 2 heterocycles. The molecule has 1 aliphatic heterocycles. The summed E-state index contributed by atoms with van der Waals surface area (Å²) in [7, 11) is 0. The summed E-state index contributed by atoms with van der Waals surface area (Å²) in [5.41, 5.74) is 7.79. The van der Waals surface area contributed by atoms with Crippen LogP contribution in [0.25, 0.3) is 11.0 Å². The van der Waals surface area contributed by atoms with E-state index in [0.29, 0.717) is 18.8 Å². The van der Waals surface area contributed by atoms with Crippen LogP contribution in [0.3, 0.4) is 0 Å². The highest BCUT2D eigenvalue weighted by Crippen LogP contribution is 2.35. The Morgan fingerprint density at radius 2 is 1.96 bits per heavy atom. The maximum atomic E-state index is 11.4. The van der Waals surface area contributed by atoms with Gasteiger partial charge in [-0.3, -0.25) is 14.9 Å². The molecule has 4 rings (SSSR count). The van der Waals surface area contributed by atoms with Gasteiger partial charge in [0, 0.05) is 30.6 Å². The Morgan fingerprint density at radius 3 is 2.63 bits per heavy atom. The lowest BCUT2D eigenvalue weighted by molar-refractivity contribution is -0.384. The number of aromatic nitrogens is 2. The van der Waals surface area contributed by atoms with E-state index in [-0.39, 0.29) is 17.2 Å². The van der Waals surface area contributed by atoms with Gasteiger partial charge in [-0.2, -0.15) is 0 Å². The Labute approximate surface area is 155 Å². The summed E-state index contributed by atoms with van der Waals surface area (Å²) in [6.45, 7) is 1.36. The zero-order valence-corrected chi connectivity index (χ0v) is 14.6. The predicted octanol–water partition coefficient (Wildman–Crippen LogP) is 2.95. The summed E-state index contributed by atoms with van der Waals surface area (Å²) in [5, 5.41) is 11.4. The number of nitro benzene ring substituents is 1. The molecule has 138 valence electrons. The SMILES string of the molecule is NC(=O)c1ccc(N2CCC(c3nc4ccccc4[nH]3)CC2)c([N+](=O)[O-])c1. The van der Waals surface area contributed by atoms with Crippen molar-refractivity contribution in [2.45, 2.75) is 18.8 Å². The van der Waals surface area contributed by atoms with Crippen LogP contribution in [0.2, 0.25) is 0 Å². The van der Waals surface area contributed by atoms with Crippen molar-refractivity contribution in [3.8, 4) is 0 Å². The molecule has 8 nitrogen and oxygen atoms in total. The molecule has 0 atom stereocenters. The number of carbonyl (C=O) groups excluding carboxylic acids is 1. The van der Waals surface area contributed by atoms with Gasteiger partial charge in [0.25, 0.3) is 5.69 Å². The normalized spacial score (nSPS) is 15.2. The topological polar surface area (TPSA) is 118 Å². The maximum Gasteiger partial charge on any atom is 0.293 e. The van der Waals surface area contributed by atoms with Gasteiger partial charge in [-0.05, 0) is 37.1 Å². The quantitative estimate of drug-likeness (QED) is 0.544. The molecule has 1 fully saturated rings. The number of primary amides is 1. The van der Waals surface area contributed by atoms with E-state index in [9.17, 15) is 14.9 Å². The third-order valence-corrected chi connectivity index (χ3v) is 5.09. The summed E-state index contributed by atoms with van der Waals surface area (Å²) in [4.78, 5) is 32.3. The van der Waals surface area contributed by atoms with E-state index in [1.54, 1.807) is 6.07 Å². The van der Waals surface area contributed by atoms with E-state index in [2.05, 4.69) is 9.97 Å². The van der Waals surface area contributed by atoms with Crippen LogP contribution >= 0.6 is 0 Å². The van der Waals surface area contributed by atoms with Crippen molar-refractivity contribution in [2.24, 2.45) is 5.73 Å². The molecule has 1 amide bonds. The average molecular weight is 365 g/mol. The molecule has 0 aliphatic carbocycles. The Bertz CT molecular complexity index is 988. The number of nitro groups is 1. The molecule has 8 heteroatoms. The highest BCUT2D eigenvalue weighted by Gasteiger charge is 2.27. The monoisotopic (exact) mass is 365 g/mol. The summed E-state index contributed by atoms with van der Waals surface area (Å²) < 4.78 is 0. The number of H-pyrrole nitrogens is 1. The summed E-state index contributed by atoms with van der Waals surface area (Å²) in [6.07, 6.45) is 1.68. The molecule has 0 radical (unpaired) electrons. The third kappa shape index (κ3) is 3.21. The minimum atomic E-state index is -0.673. The van der Waals surface area contributed by atoms with E-state index in [1.807, 2.05) is 29.2 Å². The highest BCUT2D eigenvalue weighted by atomic mass is 16.6. The van der Waals surface area contributed by atoms with Gasteiger partial charge in [0.2, 0.25) is 5.91 Å². The number of amides is 1. The smallest absolute Gasteiger partial charge is 0.293 e. The van der Waals surface area contributed by atoms with Gasteiger partial charge in [-0.15, -0.1) is 0 Å². The van der Waals surface area contributed by atoms with E-state index in [1.165, 1.54) is 12.1 Å². The number of carbonyl (C=O) groups is 1. The molecular weight excluding hydrogens is 346 g/mol. The van der Waals surface area contributed by atoms with Crippen LogP contribution in [0.5, 0.6) is 0 Å². The van der Waals surface area contributed by atoms with Gasteiger partial charge in [0.1, 0.15) is 11.5 Å². The van der Waals surface area contributed by atoms with Gasteiger partial charge in [-0.1, -0.05) is 12.1 Å². The number of para-hydroxylation sites is 2. The average Bonchev–Trinajstić information content (AvgIpc) is 3.12. The molecule has 3 N–H and O–H groups in total. The Hall–Kier alpha value is -3.42. The van der Waals surface area contributed by atoms with Gasteiger partial charge in [0.15, 0.2) is 0 Å². The van der Waals surface area contributed by atoms with Gasteiger partial charge in [0.05, 0.1) is 16.0 Å². The lowest BCUT2D eigenvalue weighted by atomic mass is 9.95. The number of piperidine rings is 1. The van der Waals surface area contributed by atoms with Crippen molar-refractivity contribution in [2.75, 3.05) is 18.0 Å². The molecule has 3 aromatic rings. The second-order valence-corrected chi connectivity index (χ2v) is 6.73. The largest absolute Gasteiger partial charge is 0.366 e. The van der Waals surface area contributed by atoms with Crippen LogP contribution < -0.4 is 10.6 Å². The number of imidazole rings is 1. The van der Waals surface area contributed by atoms with Crippen molar-refractivity contribution < 1.29 is 9.72 Å². The van der Waals surface area contributed by atoms with Gasteiger partial charge in [-0.25, -0.2) is 4.98 Å². The summed E-state index contributed by atoms with van der Waals surface area (Å²) in [6, 6.07) is 12.3.